The Labute approximate surface area is 128 Å². The summed E-state index contributed by atoms with van der Waals surface area (Å²) in [6.07, 6.45) is 5.30. The van der Waals surface area contributed by atoms with Crippen molar-refractivity contribution in [1.82, 2.24) is 9.97 Å². The first-order valence-electron chi connectivity index (χ1n) is 6.91. The van der Waals surface area contributed by atoms with Gasteiger partial charge in [-0.25, -0.2) is 4.79 Å². The average molecular weight is 290 g/mol. The van der Waals surface area contributed by atoms with Gasteiger partial charge in [0.1, 0.15) is 0 Å². The summed E-state index contributed by atoms with van der Waals surface area (Å²) in [6.45, 7) is 0. The number of carboxylic acids is 1. The summed E-state index contributed by atoms with van der Waals surface area (Å²) in [4.78, 5) is 20.0. The Morgan fingerprint density at radius 2 is 1.82 bits per heavy atom. The van der Waals surface area contributed by atoms with E-state index in [2.05, 4.69) is 9.97 Å². The minimum absolute atomic E-state index is 0.319. The molecule has 3 aromatic rings. The van der Waals surface area contributed by atoms with Gasteiger partial charge in [0, 0.05) is 25.0 Å². The Morgan fingerprint density at radius 3 is 2.50 bits per heavy atom. The molecule has 2 aromatic carbocycles. The molecule has 0 amide bonds. The highest BCUT2D eigenvalue weighted by molar-refractivity contribution is 5.97. The van der Waals surface area contributed by atoms with E-state index in [0.717, 1.165) is 22.4 Å². The van der Waals surface area contributed by atoms with Crippen LogP contribution in [0.5, 0.6) is 0 Å². The van der Waals surface area contributed by atoms with Gasteiger partial charge in [0.05, 0.1) is 11.3 Å². The third kappa shape index (κ3) is 2.86. The van der Waals surface area contributed by atoms with Crippen molar-refractivity contribution in [3.05, 3.63) is 83.9 Å². The number of aromatic nitrogens is 2. The molecule has 4 nitrogen and oxygen atoms in total. The minimum Gasteiger partial charge on any atom is -0.478 e. The van der Waals surface area contributed by atoms with Gasteiger partial charge >= 0.3 is 5.97 Å². The molecule has 0 aliphatic carbocycles. The van der Waals surface area contributed by atoms with Gasteiger partial charge in [-0.15, -0.1) is 0 Å². The zero-order chi connectivity index (χ0) is 15.4. The highest BCUT2D eigenvalue weighted by Crippen LogP contribution is 2.27. The maximum Gasteiger partial charge on any atom is 0.336 e. The fraction of sp³-hybridized carbons (Fsp3) is 0.0556. The van der Waals surface area contributed by atoms with Crippen molar-refractivity contribution >= 4 is 5.97 Å². The molecule has 22 heavy (non-hydrogen) atoms. The van der Waals surface area contributed by atoms with Crippen LogP contribution in [-0.2, 0) is 6.42 Å². The van der Waals surface area contributed by atoms with Crippen molar-refractivity contribution < 1.29 is 9.90 Å². The van der Waals surface area contributed by atoms with Crippen molar-refractivity contribution in [2.24, 2.45) is 0 Å². The molecule has 0 aliphatic rings. The monoisotopic (exact) mass is 290 g/mol. The van der Waals surface area contributed by atoms with Gasteiger partial charge in [-0.3, -0.25) is 9.97 Å². The van der Waals surface area contributed by atoms with E-state index in [0.29, 0.717) is 12.0 Å². The van der Waals surface area contributed by atoms with Crippen LogP contribution >= 0.6 is 0 Å². The molecule has 0 atom stereocenters. The lowest BCUT2D eigenvalue weighted by Crippen LogP contribution is -2.06. The number of aromatic carboxylic acids is 1. The molecule has 0 radical (unpaired) electrons. The summed E-state index contributed by atoms with van der Waals surface area (Å²) < 4.78 is 0. The number of carboxylic acid groups (broad SMARTS) is 1. The Morgan fingerprint density at radius 1 is 1.00 bits per heavy atom. The van der Waals surface area contributed by atoms with E-state index in [1.165, 1.54) is 0 Å². The molecular weight excluding hydrogens is 276 g/mol. The molecule has 0 unspecified atom stereocenters. The lowest BCUT2D eigenvalue weighted by Gasteiger charge is -2.11. The highest BCUT2D eigenvalue weighted by atomic mass is 16.4. The van der Waals surface area contributed by atoms with Crippen molar-refractivity contribution in [1.29, 1.82) is 0 Å². The third-order valence-corrected chi connectivity index (χ3v) is 3.44. The standard InChI is InChI=1S/C18H14N2O2/c21-18(22)17-14(11-15-12-19-9-10-20-15)7-4-8-16(17)13-5-2-1-3-6-13/h1-10,12H,11H2,(H,21,22). The fourth-order valence-electron chi connectivity index (χ4n) is 2.47. The van der Waals surface area contributed by atoms with Crippen molar-refractivity contribution in [2.45, 2.75) is 6.42 Å². The Balaban J connectivity index is 2.10. The van der Waals surface area contributed by atoms with Crippen molar-refractivity contribution in [3.63, 3.8) is 0 Å². The first-order chi connectivity index (χ1) is 10.8. The molecule has 1 N–H and O–H groups in total. The molecule has 0 spiro atoms. The van der Waals surface area contributed by atoms with Crippen LogP contribution in [0.15, 0.2) is 67.1 Å². The fourth-order valence-corrected chi connectivity index (χ4v) is 2.47. The van der Waals surface area contributed by atoms with Gasteiger partial charge < -0.3 is 5.11 Å². The van der Waals surface area contributed by atoms with Gasteiger partial charge in [0.25, 0.3) is 0 Å². The molecule has 0 aliphatic heterocycles. The highest BCUT2D eigenvalue weighted by Gasteiger charge is 2.17. The molecule has 3 rings (SSSR count). The van der Waals surface area contributed by atoms with Crippen molar-refractivity contribution in [2.75, 3.05) is 0 Å². The van der Waals surface area contributed by atoms with E-state index in [1.54, 1.807) is 18.6 Å². The molecule has 1 aromatic heterocycles. The lowest BCUT2D eigenvalue weighted by molar-refractivity contribution is 0.0696. The smallest absolute Gasteiger partial charge is 0.336 e. The summed E-state index contributed by atoms with van der Waals surface area (Å²) in [7, 11) is 0. The number of nitrogens with zero attached hydrogens (tertiary/aromatic N) is 2. The van der Waals surface area contributed by atoms with Crippen LogP contribution in [0.1, 0.15) is 21.6 Å². The summed E-state index contributed by atoms with van der Waals surface area (Å²) in [5.74, 6) is -0.932. The minimum atomic E-state index is -0.932. The normalized spacial score (nSPS) is 10.4. The molecule has 1 heterocycles. The maximum atomic E-state index is 11.8. The number of hydrogen-bond acceptors (Lipinski definition) is 3. The summed E-state index contributed by atoms with van der Waals surface area (Å²) in [5.41, 5.74) is 3.40. The van der Waals surface area contributed by atoms with Gasteiger partial charge in [0.2, 0.25) is 0 Å². The average Bonchev–Trinajstić information content (AvgIpc) is 2.56. The van der Waals surface area contributed by atoms with Crippen LogP contribution in [0.4, 0.5) is 0 Å². The molecule has 0 saturated heterocycles. The van der Waals surface area contributed by atoms with E-state index in [9.17, 15) is 9.90 Å². The topological polar surface area (TPSA) is 63.1 Å². The van der Waals surface area contributed by atoms with E-state index >= 15 is 0 Å². The quantitative estimate of drug-likeness (QED) is 0.799. The van der Waals surface area contributed by atoms with E-state index in [-0.39, 0.29) is 0 Å². The van der Waals surface area contributed by atoms with Crippen LogP contribution in [0.2, 0.25) is 0 Å². The Bertz CT molecular complexity index is 787. The molecule has 0 saturated carbocycles. The Hall–Kier alpha value is -3.01. The third-order valence-electron chi connectivity index (χ3n) is 3.44. The number of carbonyl (C=O) groups is 1. The number of hydrogen-bond donors (Lipinski definition) is 1. The Kier molecular flexibility index (Phi) is 3.92. The molecule has 108 valence electrons. The zero-order valence-electron chi connectivity index (χ0n) is 11.8. The second-order valence-corrected chi connectivity index (χ2v) is 4.88. The SMILES string of the molecule is O=C(O)c1c(Cc2cnccn2)cccc1-c1ccccc1. The van der Waals surface area contributed by atoms with Crippen LogP contribution in [0.25, 0.3) is 11.1 Å². The van der Waals surface area contributed by atoms with Crippen LogP contribution in [-0.4, -0.2) is 21.0 Å². The van der Waals surface area contributed by atoms with Crippen LogP contribution < -0.4 is 0 Å². The van der Waals surface area contributed by atoms with Gasteiger partial charge in [-0.1, -0.05) is 48.5 Å². The molecule has 4 heteroatoms. The molecule has 0 fully saturated rings. The molecule has 0 bridgehead atoms. The first-order valence-corrected chi connectivity index (χ1v) is 6.91. The molecular formula is C18H14N2O2. The number of rotatable bonds is 4. The van der Waals surface area contributed by atoms with Crippen LogP contribution in [0.3, 0.4) is 0 Å². The van der Waals surface area contributed by atoms with E-state index < -0.39 is 5.97 Å². The van der Waals surface area contributed by atoms with Crippen molar-refractivity contribution in [3.8, 4) is 11.1 Å². The maximum absolute atomic E-state index is 11.8. The number of benzene rings is 2. The second-order valence-electron chi connectivity index (χ2n) is 4.88. The largest absolute Gasteiger partial charge is 0.478 e. The summed E-state index contributed by atoms with van der Waals surface area (Å²) >= 11 is 0. The van der Waals surface area contributed by atoms with E-state index in [1.807, 2.05) is 48.5 Å². The van der Waals surface area contributed by atoms with Gasteiger partial charge in [-0.05, 0) is 16.7 Å². The van der Waals surface area contributed by atoms with Gasteiger partial charge in [-0.2, -0.15) is 0 Å². The zero-order valence-corrected chi connectivity index (χ0v) is 11.8. The summed E-state index contributed by atoms with van der Waals surface area (Å²) in [5, 5.41) is 9.65. The van der Waals surface area contributed by atoms with Gasteiger partial charge in [0.15, 0.2) is 0 Å². The predicted octanol–water partition coefficient (Wildman–Crippen LogP) is 3.43. The summed E-state index contributed by atoms with van der Waals surface area (Å²) in [6, 6.07) is 15.1. The second kappa shape index (κ2) is 6.18. The first kappa shape index (κ1) is 13.9. The van der Waals surface area contributed by atoms with Crippen LogP contribution in [0, 0.1) is 0 Å². The lowest BCUT2D eigenvalue weighted by atomic mass is 9.93. The van der Waals surface area contributed by atoms with E-state index in [4.69, 9.17) is 0 Å². The predicted molar refractivity (Wildman–Crippen MR) is 83.7 cm³/mol.